The van der Waals surface area contributed by atoms with Crippen LogP contribution in [0.3, 0.4) is 0 Å². The second-order valence-corrected chi connectivity index (χ2v) is 9.84. The molecule has 4 aromatic rings. The second kappa shape index (κ2) is 9.88. The van der Waals surface area contributed by atoms with Crippen LogP contribution in [0.1, 0.15) is 49.9 Å². The average molecular weight is 528 g/mol. The van der Waals surface area contributed by atoms with Crippen LogP contribution in [-0.2, 0) is 24.2 Å². The number of hydrogen-bond donors (Lipinski definition) is 0. The first-order valence-corrected chi connectivity index (χ1v) is 11.8. The molecule has 0 N–H and O–H groups in total. The van der Waals surface area contributed by atoms with Gasteiger partial charge in [-0.3, -0.25) is 4.98 Å². The first-order valence-electron chi connectivity index (χ1n) is 11.8. The summed E-state index contributed by atoms with van der Waals surface area (Å²) in [6.45, 7) is 6.49. The van der Waals surface area contributed by atoms with E-state index in [0.717, 1.165) is 29.2 Å². The van der Waals surface area contributed by atoms with Crippen molar-refractivity contribution in [2.45, 2.75) is 52.3 Å². The minimum absolute atomic E-state index is 0.0113. The van der Waals surface area contributed by atoms with Crippen molar-refractivity contribution >= 4 is 6.09 Å². The van der Waals surface area contributed by atoms with Crippen molar-refractivity contribution < 1.29 is 27.1 Å². The van der Waals surface area contributed by atoms with Crippen molar-refractivity contribution in [1.82, 2.24) is 35.1 Å². The van der Waals surface area contributed by atoms with Gasteiger partial charge in [0.25, 0.3) is 5.89 Å². The predicted molar refractivity (Wildman–Crippen MR) is 127 cm³/mol. The van der Waals surface area contributed by atoms with Crippen LogP contribution in [0.15, 0.2) is 41.1 Å². The predicted octanol–water partition coefficient (Wildman–Crippen LogP) is 4.81. The van der Waals surface area contributed by atoms with E-state index in [1.54, 1.807) is 11.1 Å². The van der Waals surface area contributed by atoms with E-state index < -0.39 is 23.7 Å². The van der Waals surface area contributed by atoms with Crippen LogP contribution in [0.2, 0.25) is 0 Å². The minimum atomic E-state index is -2.92. The van der Waals surface area contributed by atoms with Crippen LogP contribution in [0.25, 0.3) is 22.7 Å². The number of pyridine rings is 1. The number of amides is 1. The highest BCUT2D eigenvalue weighted by atomic mass is 19.3. The lowest BCUT2D eigenvalue weighted by Gasteiger charge is -2.31. The number of fused-ring (bicyclic) bond motifs is 1. The molecule has 198 valence electrons. The Bertz CT molecular complexity index is 1480. The van der Waals surface area contributed by atoms with Crippen LogP contribution in [-0.4, -0.2) is 53.3 Å². The zero-order valence-electron chi connectivity index (χ0n) is 20.9. The third-order valence-corrected chi connectivity index (χ3v) is 5.81. The Balaban J connectivity index is 1.29. The molecule has 0 atom stereocenters. The Morgan fingerprint density at radius 1 is 1.13 bits per heavy atom. The van der Waals surface area contributed by atoms with Gasteiger partial charge in [0.15, 0.2) is 0 Å². The number of carbonyl (C=O) groups excluding carboxylic acids is 1. The maximum Gasteiger partial charge on any atom is 0.410 e. The summed E-state index contributed by atoms with van der Waals surface area (Å²) in [6, 6.07) is 6.99. The summed E-state index contributed by atoms with van der Waals surface area (Å²) in [5, 5.41) is 15.0. The van der Waals surface area contributed by atoms with Crippen LogP contribution in [0, 0.1) is 5.82 Å². The Morgan fingerprint density at radius 3 is 2.66 bits per heavy atom. The maximum atomic E-state index is 14.7. The molecule has 1 amide bonds. The third kappa shape index (κ3) is 5.50. The molecule has 0 spiro atoms. The van der Waals surface area contributed by atoms with E-state index in [0.29, 0.717) is 18.8 Å². The molecular weight excluding hydrogens is 503 g/mol. The molecule has 0 aliphatic carbocycles. The topological polar surface area (TPSA) is 112 Å². The molecule has 4 heterocycles. The van der Waals surface area contributed by atoms with Gasteiger partial charge in [-0.25, -0.2) is 13.9 Å². The zero-order valence-corrected chi connectivity index (χ0v) is 20.9. The maximum absolute atomic E-state index is 14.7. The molecule has 1 aromatic carbocycles. The Labute approximate surface area is 215 Å². The van der Waals surface area contributed by atoms with Gasteiger partial charge in [-0.15, -0.1) is 15.3 Å². The molecule has 0 fully saturated rings. The van der Waals surface area contributed by atoms with Crippen LogP contribution < -0.4 is 0 Å². The van der Waals surface area contributed by atoms with Gasteiger partial charge in [0.2, 0.25) is 5.89 Å². The number of carbonyl (C=O) groups is 1. The molecule has 5 rings (SSSR count). The number of nitrogens with zero attached hydrogens (tertiary/aromatic N) is 7. The lowest BCUT2D eigenvalue weighted by molar-refractivity contribution is 0.0224. The van der Waals surface area contributed by atoms with E-state index in [2.05, 4.69) is 25.5 Å². The molecule has 0 radical (unpaired) electrons. The van der Waals surface area contributed by atoms with Gasteiger partial charge in [-0.2, -0.15) is 8.78 Å². The number of halogens is 3. The summed E-state index contributed by atoms with van der Waals surface area (Å²) in [6.07, 6.45) is 0.370. The number of hydrogen-bond acceptors (Lipinski definition) is 8. The van der Waals surface area contributed by atoms with Crippen LogP contribution in [0.4, 0.5) is 18.0 Å². The van der Waals surface area contributed by atoms with Gasteiger partial charge in [0.05, 0.1) is 24.0 Å². The summed E-state index contributed by atoms with van der Waals surface area (Å²) in [7, 11) is 0. The highest BCUT2D eigenvalue weighted by molar-refractivity contribution is 5.69. The van der Waals surface area contributed by atoms with Gasteiger partial charge in [0.1, 0.15) is 17.1 Å². The lowest BCUT2D eigenvalue weighted by Crippen LogP contribution is -2.39. The molecule has 10 nitrogen and oxygen atoms in total. The normalized spacial score (nSPS) is 13.6. The van der Waals surface area contributed by atoms with Gasteiger partial charge < -0.3 is 14.1 Å². The standard InChI is InChI=1S/C25H24F3N7O3/c1-25(2,3)38-24(36)34-7-6-14-4-5-15(8-17(14)11-34)19-12-35(33-30-19)13-20-18(26)9-16(10-29-20)22-31-32-23(37-22)21(27)28/h4-5,8-10,12,21H,6-7,11,13H2,1-3H3. The van der Waals surface area contributed by atoms with E-state index in [9.17, 15) is 18.0 Å². The van der Waals surface area contributed by atoms with Crippen molar-refractivity contribution in [1.29, 1.82) is 0 Å². The Hall–Kier alpha value is -4.29. The smallest absolute Gasteiger partial charge is 0.410 e. The first-order chi connectivity index (χ1) is 18.1. The fraction of sp³-hybridized carbons (Fsp3) is 0.360. The molecule has 0 unspecified atom stereocenters. The average Bonchev–Trinajstić information content (AvgIpc) is 3.54. The summed E-state index contributed by atoms with van der Waals surface area (Å²) >= 11 is 0. The highest BCUT2D eigenvalue weighted by Crippen LogP contribution is 2.27. The Morgan fingerprint density at radius 2 is 1.95 bits per heavy atom. The molecule has 13 heteroatoms. The van der Waals surface area contributed by atoms with Gasteiger partial charge in [-0.05, 0) is 50.5 Å². The fourth-order valence-electron chi connectivity index (χ4n) is 4.00. The quantitative estimate of drug-likeness (QED) is 0.364. The van der Waals surface area contributed by atoms with Gasteiger partial charge >= 0.3 is 12.5 Å². The molecule has 3 aromatic heterocycles. The summed E-state index contributed by atoms with van der Waals surface area (Å²) in [5.74, 6) is -1.79. The fourth-order valence-corrected chi connectivity index (χ4v) is 4.00. The SMILES string of the molecule is CC(C)(C)OC(=O)N1CCc2ccc(-c3cn(Cc4ncc(-c5nnc(C(F)F)o5)cc4F)nn3)cc2C1. The number of alkyl halides is 2. The molecule has 0 saturated carbocycles. The van der Waals surface area contributed by atoms with Crippen molar-refractivity contribution in [3.63, 3.8) is 0 Å². The van der Waals surface area contributed by atoms with Crippen molar-refractivity contribution in [3.8, 4) is 22.7 Å². The molecule has 1 aliphatic rings. The Kier molecular flexibility index (Phi) is 6.59. The molecule has 38 heavy (non-hydrogen) atoms. The van der Waals surface area contributed by atoms with Crippen LogP contribution in [0.5, 0.6) is 0 Å². The van der Waals surface area contributed by atoms with Crippen molar-refractivity contribution in [2.75, 3.05) is 6.54 Å². The first kappa shape index (κ1) is 25.4. The van der Waals surface area contributed by atoms with E-state index in [1.165, 1.54) is 10.9 Å². The van der Waals surface area contributed by atoms with Crippen LogP contribution >= 0.6 is 0 Å². The zero-order chi connectivity index (χ0) is 27.0. The minimum Gasteiger partial charge on any atom is -0.444 e. The van der Waals surface area contributed by atoms with Gasteiger partial charge in [-0.1, -0.05) is 17.3 Å². The van der Waals surface area contributed by atoms with Crippen molar-refractivity contribution in [3.05, 3.63) is 65.2 Å². The number of ether oxygens (including phenoxy) is 1. The monoisotopic (exact) mass is 527 g/mol. The lowest BCUT2D eigenvalue weighted by atomic mass is 9.97. The largest absolute Gasteiger partial charge is 0.444 e. The summed E-state index contributed by atoms with van der Waals surface area (Å²) in [4.78, 5) is 18.3. The van der Waals surface area contributed by atoms with Gasteiger partial charge in [0, 0.05) is 24.8 Å². The van der Waals surface area contributed by atoms with E-state index in [-0.39, 0.29) is 29.8 Å². The summed E-state index contributed by atoms with van der Waals surface area (Å²) in [5.41, 5.74) is 3.09. The van der Waals surface area contributed by atoms with E-state index >= 15 is 0 Å². The number of aromatic nitrogens is 6. The highest BCUT2D eigenvalue weighted by Gasteiger charge is 2.26. The third-order valence-electron chi connectivity index (χ3n) is 5.81. The summed E-state index contributed by atoms with van der Waals surface area (Å²) < 4.78 is 51.8. The molecule has 0 bridgehead atoms. The van der Waals surface area contributed by atoms with E-state index in [4.69, 9.17) is 9.15 Å². The molecular formula is C25H24F3N7O3. The number of rotatable bonds is 5. The number of benzene rings is 1. The molecule has 0 saturated heterocycles. The second-order valence-electron chi connectivity index (χ2n) is 9.84. The van der Waals surface area contributed by atoms with E-state index in [1.807, 2.05) is 39.0 Å². The van der Waals surface area contributed by atoms with Crippen molar-refractivity contribution in [2.24, 2.45) is 0 Å². The molecule has 1 aliphatic heterocycles.